The lowest BCUT2D eigenvalue weighted by molar-refractivity contribution is -0.142. The summed E-state index contributed by atoms with van der Waals surface area (Å²) in [5, 5.41) is 8.92. The summed E-state index contributed by atoms with van der Waals surface area (Å²) in [6.45, 7) is 4.74. The van der Waals surface area contributed by atoms with Gasteiger partial charge < -0.3 is 5.11 Å². The summed E-state index contributed by atoms with van der Waals surface area (Å²) in [5.74, 6) is -1.49. The summed E-state index contributed by atoms with van der Waals surface area (Å²) in [6.07, 6.45) is 0. The fraction of sp³-hybridized carbons (Fsp3) is 0.364. The number of rotatable bonds is 2. The highest BCUT2D eigenvalue weighted by molar-refractivity contribution is 5.80. The molecule has 0 spiro atoms. The van der Waals surface area contributed by atoms with Crippen LogP contribution in [0.5, 0.6) is 0 Å². The third-order valence-electron chi connectivity index (χ3n) is 2.33. The Morgan fingerprint density at radius 1 is 1.43 bits per heavy atom. The molecule has 1 aromatic rings. The van der Waals surface area contributed by atoms with E-state index in [-0.39, 0.29) is 5.56 Å². The van der Waals surface area contributed by atoms with Crippen molar-refractivity contribution in [2.45, 2.75) is 26.2 Å². The Labute approximate surface area is 82.4 Å². The zero-order valence-electron chi connectivity index (χ0n) is 8.47. The van der Waals surface area contributed by atoms with Crippen LogP contribution < -0.4 is 0 Å². The zero-order valence-corrected chi connectivity index (χ0v) is 8.47. The highest BCUT2D eigenvalue weighted by Gasteiger charge is 2.31. The fourth-order valence-electron chi connectivity index (χ4n) is 1.24. The molecule has 0 bridgehead atoms. The second-order valence-electron chi connectivity index (χ2n) is 3.91. The first kappa shape index (κ1) is 10.7. The molecule has 0 radical (unpaired) electrons. The van der Waals surface area contributed by atoms with E-state index >= 15 is 0 Å². The maximum atomic E-state index is 13.4. The van der Waals surface area contributed by atoms with Crippen LogP contribution in [0.3, 0.4) is 0 Å². The Bertz CT molecular complexity index is 370. The maximum Gasteiger partial charge on any atom is 0.313 e. The Kier molecular flexibility index (Phi) is 2.60. The zero-order chi connectivity index (χ0) is 10.9. The largest absolute Gasteiger partial charge is 0.481 e. The third kappa shape index (κ3) is 1.76. The smallest absolute Gasteiger partial charge is 0.313 e. The first-order valence-corrected chi connectivity index (χ1v) is 4.35. The minimum atomic E-state index is -1.18. The van der Waals surface area contributed by atoms with Gasteiger partial charge in [0.1, 0.15) is 5.82 Å². The number of carbonyl (C=O) groups is 1. The fourth-order valence-corrected chi connectivity index (χ4v) is 1.24. The van der Waals surface area contributed by atoms with E-state index in [2.05, 4.69) is 0 Å². The number of halogens is 1. The van der Waals surface area contributed by atoms with Crippen LogP contribution in [0.25, 0.3) is 0 Å². The number of carboxylic acids is 1. The number of hydrogen-bond acceptors (Lipinski definition) is 1. The molecule has 0 amide bonds. The predicted molar refractivity (Wildman–Crippen MR) is 51.8 cm³/mol. The van der Waals surface area contributed by atoms with Crippen LogP contribution in [-0.2, 0) is 10.2 Å². The van der Waals surface area contributed by atoms with Crippen LogP contribution in [0.2, 0.25) is 0 Å². The van der Waals surface area contributed by atoms with E-state index in [0.29, 0.717) is 0 Å². The quantitative estimate of drug-likeness (QED) is 0.789. The summed E-state index contributed by atoms with van der Waals surface area (Å²) in [7, 11) is 0. The van der Waals surface area contributed by atoms with Crippen molar-refractivity contribution in [3.05, 3.63) is 35.1 Å². The molecule has 3 heteroatoms. The molecule has 0 saturated carbocycles. The van der Waals surface area contributed by atoms with Crippen LogP contribution in [-0.4, -0.2) is 11.1 Å². The summed E-state index contributed by atoms with van der Waals surface area (Å²) in [4.78, 5) is 10.9. The number of carboxylic acid groups (broad SMARTS) is 1. The molecule has 0 heterocycles. The molecular weight excluding hydrogens is 183 g/mol. The van der Waals surface area contributed by atoms with Crippen molar-refractivity contribution in [3.8, 4) is 0 Å². The normalized spacial score (nSPS) is 11.4. The van der Waals surface area contributed by atoms with Crippen molar-refractivity contribution in [1.29, 1.82) is 0 Å². The first-order chi connectivity index (χ1) is 6.35. The van der Waals surface area contributed by atoms with Crippen LogP contribution in [0.15, 0.2) is 18.2 Å². The van der Waals surface area contributed by atoms with Gasteiger partial charge in [0.05, 0.1) is 5.41 Å². The Morgan fingerprint density at radius 3 is 2.43 bits per heavy atom. The molecule has 1 rings (SSSR count). The van der Waals surface area contributed by atoms with E-state index < -0.39 is 17.2 Å². The van der Waals surface area contributed by atoms with Crippen molar-refractivity contribution in [2.24, 2.45) is 0 Å². The van der Waals surface area contributed by atoms with Crippen LogP contribution in [0.4, 0.5) is 4.39 Å². The lowest BCUT2D eigenvalue weighted by atomic mass is 9.84. The van der Waals surface area contributed by atoms with Crippen molar-refractivity contribution in [2.75, 3.05) is 0 Å². The van der Waals surface area contributed by atoms with E-state index in [0.717, 1.165) is 5.56 Å². The van der Waals surface area contributed by atoms with Crippen LogP contribution >= 0.6 is 0 Å². The van der Waals surface area contributed by atoms with E-state index in [1.807, 2.05) is 0 Å². The second-order valence-corrected chi connectivity index (χ2v) is 3.91. The molecule has 1 aromatic carbocycles. The molecule has 76 valence electrons. The van der Waals surface area contributed by atoms with Gasteiger partial charge in [-0.1, -0.05) is 12.1 Å². The summed E-state index contributed by atoms with van der Waals surface area (Å²) in [6, 6.07) is 4.59. The minimum absolute atomic E-state index is 0.218. The average molecular weight is 196 g/mol. The van der Waals surface area contributed by atoms with Gasteiger partial charge >= 0.3 is 5.97 Å². The lowest BCUT2D eigenvalue weighted by Gasteiger charge is -2.20. The van der Waals surface area contributed by atoms with Gasteiger partial charge in [0.2, 0.25) is 0 Å². The van der Waals surface area contributed by atoms with Gasteiger partial charge in [0.15, 0.2) is 0 Å². The van der Waals surface area contributed by atoms with Crippen molar-refractivity contribution >= 4 is 5.97 Å². The second kappa shape index (κ2) is 3.40. The third-order valence-corrected chi connectivity index (χ3v) is 2.33. The van der Waals surface area contributed by atoms with Gasteiger partial charge in [-0.2, -0.15) is 0 Å². The molecular formula is C11H13FO2. The van der Waals surface area contributed by atoms with Gasteiger partial charge in [-0.05, 0) is 32.4 Å². The summed E-state index contributed by atoms with van der Waals surface area (Å²) < 4.78 is 13.4. The average Bonchev–Trinajstić information content (AvgIpc) is 2.02. The number of aliphatic carboxylic acids is 1. The number of aryl methyl sites for hydroxylation is 1. The molecule has 1 N–H and O–H groups in total. The van der Waals surface area contributed by atoms with E-state index in [1.165, 1.54) is 26.0 Å². The molecule has 0 aromatic heterocycles. The van der Waals surface area contributed by atoms with Crippen LogP contribution in [0, 0.1) is 12.7 Å². The monoisotopic (exact) mass is 196 g/mol. The molecule has 0 aliphatic rings. The van der Waals surface area contributed by atoms with E-state index in [1.54, 1.807) is 13.0 Å². The topological polar surface area (TPSA) is 37.3 Å². The van der Waals surface area contributed by atoms with Gasteiger partial charge in [-0.3, -0.25) is 4.79 Å². The van der Waals surface area contributed by atoms with Crippen LogP contribution in [0.1, 0.15) is 25.0 Å². The molecule has 14 heavy (non-hydrogen) atoms. The van der Waals surface area contributed by atoms with Gasteiger partial charge in [-0.15, -0.1) is 0 Å². The van der Waals surface area contributed by atoms with Gasteiger partial charge in [-0.25, -0.2) is 4.39 Å². The Balaban J connectivity index is 3.26. The van der Waals surface area contributed by atoms with E-state index in [9.17, 15) is 9.18 Å². The molecule has 0 aliphatic carbocycles. The van der Waals surface area contributed by atoms with Gasteiger partial charge in [0, 0.05) is 5.56 Å². The maximum absolute atomic E-state index is 13.4. The van der Waals surface area contributed by atoms with E-state index in [4.69, 9.17) is 5.11 Å². The molecule has 0 fully saturated rings. The lowest BCUT2D eigenvalue weighted by Crippen LogP contribution is -2.29. The highest BCUT2D eigenvalue weighted by Crippen LogP contribution is 2.26. The summed E-state index contributed by atoms with van der Waals surface area (Å²) in [5.41, 5.74) is -0.180. The Morgan fingerprint density at radius 2 is 2.00 bits per heavy atom. The van der Waals surface area contributed by atoms with Crippen molar-refractivity contribution in [1.82, 2.24) is 0 Å². The highest BCUT2D eigenvalue weighted by atomic mass is 19.1. The SMILES string of the molecule is Cc1ccc(C(C)(C)C(=O)O)c(F)c1. The summed E-state index contributed by atoms with van der Waals surface area (Å²) >= 11 is 0. The first-order valence-electron chi connectivity index (χ1n) is 4.35. The molecule has 0 aliphatic heterocycles. The predicted octanol–water partition coefficient (Wildman–Crippen LogP) is 2.50. The molecule has 0 atom stereocenters. The standard InChI is InChI=1S/C11H13FO2/c1-7-4-5-8(9(12)6-7)11(2,3)10(13)14/h4-6H,1-3H3,(H,13,14). The number of benzene rings is 1. The molecule has 2 nitrogen and oxygen atoms in total. The molecule has 0 unspecified atom stereocenters. The molecule has 0 saturated heterocycles. The van der Waals surface area contributed by atoms with Gasteiger partial charge in [0.25, 0.3) is 0 Å². The van der Waals surface area contributed by atoms with Crippen molar-refractivity contribution in [3.63, 3.8) is 0 Å². The van der Waals surface area contributed by atoms with Crippen molar-refractivity contribution < 1.29 is 14.3 Å². The number of hydrogen-bond donors (Lipinski definition) is 1. The Hall–Kier alpha value is -1.38. The minimum Gasteiger partial charge on any atom is -0.481 e.